The first-order valence-corrected chi connectivity index (χ1v) is 9.41. The third-order valence-electron chi connectivity index (χ3n) is 3.38. The Kier molecular flexibility index (Phi) is 7.73. The number of halogens is 1. The van der Waals surface area contributed by atoms with Crippen molar-refractivity contribution in [3.05, 3.63) is 54.0 Å². The van der Waals surface area contributed by atoms with E-state index in [0.717, 1.165) is 17.7 Å². The minimum absolute atomic E-state index is 0.0221. The minimum Gasteiger partial charge on any atom is -0.439 e. The molecule has 0 saturated carbocycles. The molecule has 25 heavy (non-hydrogen) atoms. The second-order valence-electron chi connectivity index (χ2n) is 6.08. The summed E-state index contributed by atoms with van der Waals surface area (Å²) in [6, 6.07) is 9.42. The second kappa shape index (κ2) is 10.0. The molecule has 134 valence electrons. The summed E-state index contributed by atoms with van der Waals surface area (Å²) >= 11 is 1.65. The van der Waals surface area contributed by atoms with E-state index < -0.39 is 0 Å². The maximum Gasteiger partial charge on any atom is 0.230 e. The van der Waals surface area contributed by atoms with E-state index in [4.69, 9.17) is 4.74 Å². The third kappa shape index (κ3) is 7.56. The Labute approximate surface area is 152 Å². The summed E-state index contributed by atoms with van der Waals surface area (Å²) in [7, 11) is 0. The van der Waals surface area contributed by atoms with Gasteiger partial charge in [-0.25, -0.2) is 9.37 Å². The van der Waals surface area contributed by atoms with Crippen molar-refractivity contribution in [2.75, 3.05) is 11.5 Å². The summed E-state index contributed by atoms with van der Waals surface area (Å²) in [6.07, 6.45) is 2.76. The molecule has 0 fully saturated rings. The number of pyridine rings is 1. The van der Waals surface area contributed by atoms with Crippen molar-refractivity contribution in [2.24, 2.45) is 5.92 Å². The van der Waals surface area contributed by atoms with Crippen LogP contribution >= 0.6 is 11.8 Å². The van der Waals surface area contributed by atoms with Gasteiger partial charge in [0.15, 0.2) is 0 Å². The van der Waals surface area contributed by atoms with Gasteiger partial charge >= 0.3 is 0 Å². The van der Waals surface area contributed by atoms with Gasteiger partial charge in [0.25, 0.3) is 0 Å². The van der Waals surface area contributed by atoms with E-state index in [9.17, 15) is 9.18 Å². The molecule has 1 heterocycles. The number of ether oxygens (including phenoxy) is 1. The molecule has 4 nitrogen and oxygen atoms in total. The zero-order valence-corrected chi connectivity index (χ0v) is 15.3. The highest BCUT2D eigenvalue weighted by Crippen LogP contribution is 2.20. The summed E-state index contributed by atoms with van der Waals surface area (Å²) in [5.41, 5.74) is 0.882. The number of hydrogen-bond acceptors (Lipinski definition) is 4. The Balaban J connectivity index is 1.73. The maximum absolute atomic E-state index is 13.1. The van der Waals surface area contributed by atoms with Crippen LogP contribution in [0.25, 0.3) is 0 Å². The predicted molar refractivity (Wildman–Crippen MR) is 99.3 cm³/mol. The van der Waals surface area contributed by atoms with Crippen LogP contribution in [0.1, 0.15) is 25.8 Å². The molecule has 2 rings (SSSR count). The second-order valence-corrected chi connectivity index (χ2v) is 7.18. The van der Waals surface area contributed by atoms with Crippen LogP contribution in [0.15, 0.2) is 42.6 Å². The lowest BCUT2D eigenvalue weighted by atomic mass is 10.2. The zero-order chi connectivity index (χ0) is 18.1. The lowest BCUT2D eigenvalue weighted by Gasteiger charge is -2.08. The molecule has 0 spiro atoms. The standard InChI is InChI=1S/C19H23FN2O2S/c1-14(2)8-9-25-13-18(23)21-11-15-6-7-19(22-12-15)24-17-5-3-4-16(20)10-17/h3-7,10,12,14H,8-9,11,13H2,1-2H3,(H,21,23). The highest BCUT2D eigenvalue weighted by atomic mass is 32.2. The molecule has 1 N–H and O–H groups in total. The van der Waals surface area contributed by atoms with Crippen LogP contribution in [0.3, 0.4) is 0 Å². The molecule has 0 saturated heterocycles. The normalized spacial score (nSPS) is 10.7. The number of carbonyl (C=O) groups excluding carboxylic acids is 1. The Morgan fingerprint density at radius 1 is 1.32 bits per heavy atom. The first-order chi connectivity index (χ1) is 12.0. The van der Waals surface area contributed by atoms with Gasteiger partial charge in [0.1, 0.15) is 11.6 Å². The molecule has 0 atom stereocenters. The Hall–Kier alpha value is -2.08. The van der Waals surface area contributed by atoms with Crippen LogP contribution in [-0.2, 0) is 11.3 Å². The van der Waals surface area contributed by atoms with Crippen molar-refractivity contribution in [3.8, 4) is 11.6 Å². The molecule has 0 radical (unpaired) electrons. The number of amides is 1. The SMILES string of the molecule is CC(C)CCSCC(=O)NCc1ccc(Oc2cccc(F)c2)nc1. The van der Waals surface area contributed by atoms with Crippen LogP contribution in [0.5, 0.6) is 11.6 Å². The van der Waals surface area contributed by atoms with E-state index in [1.165, 1.54) is 12.1 Å². The van der Waals surface area contributed by atoms with E-state index in [-0.39, 0.29) is 11.7 Å². The topological polar surface area (TPSA) is 51.2 Å². The molecule has 1 amide bonds. The summed E-state index contributed by atoms with van der Waals surface area (Å²) in [5, 5.41) is 2.87. The van der Waals surface area contributed by atoms with Gasteiger partial charge in [-0.05, 0) is 35.8 Å². The number of nitrogens with zero attached hydrogens (tertiary/aromatic N) is 1. The van der Waals surface area contributed by atoms with Crippen molar-refractivity contribution < 1.29 is 13.9 Å². The van der Waals surface area contributed by atoms with Gasteiger partial charge in [-0.3, -0.25) is 4.79 Å². The largest absolute Gasteiger partial charge is 0.439 e. The van der Waals surface area contributed by atoms with Crippen molar-refractivity contribution in [2.45, 2.75) is 26.8 Å². The van der Waals surface area contributed by atoms with Gasteiger partial charge in [-0.1, -0.05) is 26.0 Å². The number of rotatable bonds is 9. The van der Waals surface area contributed by atoms with E-state index in [1.807, 2.05) is 6.07 Å². The van der Waals surface area contributed by atoms with Gasteiger partial charge in [0.2, 0.25) is 11.8 Å². The predicted octanol–water partition coefficient (Wildman–Crippen LogP) is 4.41. The number of nitrogens with one attached hydrogen (secondary N) is 1. The van der Waals surface area contributed by atoms with Crippen LogP contribution in [0, 0.1) is 11.7 Å². The van der Waals surface area contributed by atoms with Crippen molar-refractivity contribution in [1.82, 2.24) is 10.3 Å². The molecule has 1 aromatic heterocycles. The molecule has 0 aliphatic heterocycles. The lowest BCUT2D eigenvalue weighted by molar-refractivity contribution is -0.118. The van der Waals surface area contributed by atoms with Crippen LogP contribution in [0.2, 0.25) is 0 Å². The highest BCUT2D eigenvalue weighted by molar-refractivity contribution is 7.99. The number of hydrogen-bond donors (Lipinski definition) is 1. The molecule has 2 aromatic rings. The van der Waals surface area contributed by atoms with Crippen molar-refractivity contribution in [1.29, 1.82) is 0 Å². The zero-order valence-electron chi connectivity index (χ0n) is 14.5. The molecule has 0 aliphatic rings. The average Bonchev–Trinajstić information content (AvgIpc) is 2.58. The van der Waals surface area contributed by atoms with Crippen LogP contribution in [0.4, 0.5) is 4.39 Å². The van der Waals surface area contributed by atoms with Gasteiger partial charge in [0.05, 0.1) is 5.75 Å². The fraction of sp³-hybridized carbons (Fsp3) is 0.368. The Bertz CT molecular complexity index is 677. The molecule has 0 unspecified atom stereocenters. The monoisotopic (exact) mass is 362 g/mol. The fourth-order valence-corrected chi connectivity index (χ4v) is 3.03. The maximum atomic E-state index is 13.1. The Morgan fingerprint density at radius 2 is 2.16 bits per heavy atom. The molecule has 1 aromatic carbocycles. The van der Waals surface area contributed by atoms with Gasteiger partial charge in [0, 0.05) is 24.9 Å². The summed E-state index contributed by atoms with van der Waals surface area (Å²) in [4.78, 5) is 16.0. The quantitative estimate of drug-likeness (QED) is 0.672. The number of aromatic nitrogens is 1. The molecule has 0 aliphatic carbocycles. The number of carbonyl (C=O) groups is 1. The molecular weight excluding hydrogens is 339 g/mol. The molecular formula is C19H23FN2O2S. The molecule has 6 heteroatoms. The average molecular weight is 362 g/mol. The smallest absolute Gasteiger partial charge is 0.230 e. The fourth-order valence-electron chi connectivity index (χ4n) is 1.96. The van der Waals surface area contributed by atoms with E-state index in [2.05, 4.69) is 24.1 Å². The minimum atomic E-state index is -0.358. The molecule has 0 bridgehead atoms. The van der Waals surface area contributed by atoms with Gasteiger partial charge in [-0.15, -0.1) is 0 Å². The van der Waals surface area contributed by atoms with Gasteiger partial charge in [-0.2, -0.15) is 11.8 Å². The van der Waals surface area contributed by atoms with Gasteiger partial charge < -0.3 is 10.1 Å². The first kappa shape index (κ1) is 19.2. The number of benzene rings is 1. The van der Waals surface area contributed by atoms with Crippen molar-refractivity contribution >= 4 is 17.7 Å². The Morgan fingerprint density at radius 3 is 2.84 bits per heavy atom. The van der Waals surface area contributed by atoms with E-state index in [1.54, 1.807) is 36.2 Å². The van der Waals surface area contributed by atoms with E-state index >= 15 is 0 Å². The summed E-state index contributed by atoms with van der Waals surface area (Å²) in [6.45, 7) is 4.78. The third-order valence-corrected chi connectivity index (χ3v) is 4.37. The van der Waals surface area contributed by atoms with Crippen LogP contribution < -0.4 is 10.1 Å². The van der Waals surface area contributed by atoms with Crippen molar-refractivity contribution in [3.63, 3.8) is 0 Å². The van der Waals surface area contributed by atoms with Crippen LogP contribution in [-0.4, -0.2) is 22.4 Å². The van der Waals surface area contributed by atoms with E-state index in [0.29, 0.717) is 29.8 Å². The summed E-state index contributed by atoms with van der Waals surface area (Å²) < 4.78 is 18.6. The summed E-state index contributed by atoms with van der Waals surface area (Å²) in [5.74, 6) is 2.57. The highest BCUT2D eigenvalue weighted by Gasteiger charge is 2.04. The lowest BCUT2D eigenvalue weighted by Crippen LogP contribution is -2.24. The first-order valence-electron chi connectivity index (χ1n) is 8.25. The number of thioether (sulfide) groups is 1.